The van der Waals surface area contributed by atoms with E-state index < -0.39 is 0 Å². The Bertz CT molecular complexity index is 795. The molecule has 23 heavy (non-hydrogen) atoms. The molecule has 1 N–H and O–H groups in total. The Morgan fingerprint density at radius 1 is 0.957 bits per heavy atom. The van der Waals surface area contributed by atoms with Crippen LogP contribution >= 0.6 is 0 Å². The van der Waals surface area contributed by atoms with Crippen molar-refractivity contribution in [2.45, 2.75) is 62.8 Å². The van der Waals surface area contributed by atoms with Gasteiger partial charge in [-0.25, -0.2) is 9.97 Å². The van der Waals surface area contributed by atoms with E-state index in [1.54, 1.807) is 0 Å². The van der Waals surface area contributed by atoms with E-state index >= 15 is 0 Å². The topological polar surface area (TPSA) is 54.9 Å². The van der Waals surface area contributed by atoms with Crippen LogP contribution in [0.25, 0.3) is 11.0 Å². The van der Waals surface area contributed by atoms with E-state index in [0.29, 0.717) is 23.4 Å². The quantitative estimate of drug-likeness (QED) is 0.921. The first-order chi connectivity index (χ1) is 11.3. The van der Waals surface area contributed by atoms with Crippen molar-refractivity contribution < 1.29 is 4.79 Å². The van der Waals surface area contributed by atoms with Crippen molar-refractivity contribution in [3.63, 3.8) is 0 Å². The van der Waals surface area contributed by atoms with Crippen molar-refractivity contribution in [1.29, 1.82) is 0 Å². The van der Waals surface area contributed by atoms with Crippen LogP contribution in [0.1, 0.15) is 78.5 Å². The van der Waals surface area contributed by atoms with Gasteiger partial charge in [0, 0.05) is 23.4 Å². The number of nitrogens with zero attached hydrogens (tertiary/aromatic N) is 2. The lowest BCUT2D eigenvalue weighted by atomic mass is 10.00. The molecule has 1 heterocycles. The Balaban J connectivity index is 1.48. The molecule has 1 aromatic heterocycles. The van der Waals surface area contributed by atoms with Gasteiger partial charge in [0.15, 0.2) is 0 Å². The molecule has 0 radical (unpaired) electrons. The van der Waals surface area contributed by atoms with Crippen LogP contribution in [0.5, 0.6) is 0 Å². The number of hydrogen-bond donors (Lipinski definition) is 1. The van der Waals surface area contributed by atoms with E-state index in [0.717, 1.165) is 23.9 Å². The lowest BCUT2D eigenvalue weighted by Crippen LogP contribution is -2.32. The van der Waals surface area contributed by atoms with Gasteiger partial charge in [0.05, 0.1) is 22.4 Å². The van der Waals surface area contributed by atoms with E-state index in [4.69, 9.17) is 9.97 Å². The third kappa shape index (κ3) is 2.15. The third-order valence-electron chi connectivity index (χ3n) is 5.88. The summed E-state index contributed by atoms with van der Waals surface area (Å²) >= 11 is 0. The highest BCUT2D eigenvalue weighted by atomic mass is 16.1. The molecule has 2 aromatic rings. The van der Waals surface area contributed by atoms with Crippen LogP contribution in [0.3, 0.4) is 0 Å². The van der Waals surface area contributed by atoms with E-state index in [-0.39, 0.29) is 5.91 Å². The molecule has 2 unspecified atom stereocenters. The number of aromatic nitrogens is 2. The number of hydrogen-bond acceptors (Lipinski definition) is 3. The van der Waals surface area contributed by atoms with Gasteiger partial charge in [-0.1, -0.05) is 12.8 Å². The minimum Gasteiger partial charge on any atom is -0.349 e. The maximum atomic E-state index is 12.4. The molecule has 3 aliphatic rings. The minimum absolute atomic E-state index is 0.0302. The van der Waals surface area contributed by atoms with Crippen LogP contribution < -0.4 is 5.32 Å². The van der Waals surface area contributed by atoms with Gasteiger partial charge in [0.2, 0.25) is 0 Å². The molecular weight excluding hydrogens is 286 g/mol. The zero-order chi connectivity index (χ0) is 15.4. The number of carbonyl (C=O) groups is 1. The smallest absolute Gasteiger partial charge is 0.251 e. The Kier molecular flexibility index (Phi) is 2.94. The fraction of sp³-hybridized carbons (Fsp3) is 0.526. The molecule has 4 heteroatoms. The Morgan fingerprint density at radius 3 is 2.39 bits per heavy atom. The van der Waals surface area contributed by atoms with E-state index in [1.807, 2.05) is 18.2 Å². The monoisotopic (exact) mass is 307 g/mol. The zero-order valence-electron chi connectivity index (χ0n) is 13.2. The number of rotatable bonds is 2. The normalized spacial score (nSPS) is 25.9. The molecule has 0 aliphatic heterocycles. The summed E-state index contributed by atoms with van der Waals surface area (Å²) in [6, 6.07) is 6.11. The lowest BCUT2D eigenvalue weighted by Gasteiger charge is -2.15. The molecule has 1 aromatic carbocycles. The number of carbonyl (C=O) groups excluding carboxylic acids is 1. The molecule has 1 amide bonds. The summed E-state index contributed by atoms with van der Waals surface area (Å²) in [5.41, 5.74) is 4.92. The van der Waals surface area contributed by atoms with Gasteiger partial charge in [-0.05, 0) is 50.3 Å². The van der Waals surface area contributed by atoms with Gasteiger partial charge < -0.3 is 5.32 Å². The van der Waals surface area contributed by atoms with E-state index in [9.17, 15) is 4.79 Å². The first-order valence-electron chi connectivity index (χ1n) is 8.90. The predicted molar refractivity (Wildman–Crippen MR) is 88.6 cm³/mol. The average molecular weight is 307 g/mol. The summed E-state index contributed by atoms with van der Waals surface area (Å²) in [6.45, 7) is 0. The Morgan fingerprint density at radius 2 is 1.65 bits per heavy atom. The predicted octanol–water partition coefficient (Wildman–Crippen LogP) is 3.67. The van der Waals surface area contributed by atoms with Crippen LogP contribution in [0, 0.1) is 0 Å². The minimum atomic E-state index is 0.0302. The highest BCUT2D eigenvalue weighted by molar-refractivity contribution is 5.97. The van der Waals surface area contributed by atoms with Crippen molar-refractivity contribution in [2.75, 3.05) is 0 Å². The maximum Gasteiger partial charge on any atom is 0.251 e. The van der Waals surface area contributed by atoms with Crippen molar-refractivity contribution >= 4 is 16.9 Å². The van der Waals surface area contributed by atoms with E-state index in [1.165, 1.54) is 43.5 Å². The maximum absolute atomic E-state index is 12.4. The lowest BCUT2D eigenvalue weighted by molar-refractivity contribution is 0.0938. The zero-order valence-corrected chi connectivity index (χ0v) is 13.2. The fourth-order valence-corrected chi connectivity index (χ4v) is 4.64. The molecule has 2 atom stereocenters. The number of benzene rings is 1. The number of amides is 1. The van der Waals surface area contributed by atoms with Gasteiger partial charge >= 0.3 is 0 Å². The molecule has 2 fully saturated rings. The third-order valence-corrected chi connectivity index (χ3v) is 5.88. The van der Waals surface area contributed by atoms with Crippen molar-refractivity contribution in [1.82, 2.24) is 15.3 Å². The second-order valence-corrected chi connectivity index (χ2v) is 7.36. The van der Waals surface area contributed by atoms with Gasteiger partial charge in [0.25, 0.3) is 5.91 Å². The van der Waals surface area contributed by atoms with Gasteiger partial charge in [0.1, 0.15) is 0 Å². The van der Waals surface area contributed by atoms with Gasteiger partial charge in [-0.3, -0.25) is 4.79 Å². The SMILES string of the molecule is O=C(NC1CCCC1)c1ccc2nc3c(nc2c1)C1CCC3C1. The standard InChI is InChI=1S/C19H21N3O/c23-19(20-14-3-1-2-4-14)13-7-8-15-16(10-13)22-18-12-6-5-11(9-12)17(18)21-15/h7-8,10-12,14H,1-6,9H2,(H,20,23). The van der Waals surface area contributed by atoms with E-state index in [2.05, 4.69) is 5.32 Å². The van der Waals surface area contributed by atoms with Crippen LogP contribution in [0.4, 0.5) is 0 Å². The summed E-state index contributed by atoms with van der Waals surface area (Å²) in [5, 5.41) is 3.15. The Labute approximate surface area is 135 Å². The van der Waals surface area contributed by atoms with Crippen LogP contribution in [0.15, 0.2) is 18.2 Å². The van der Waals surface area contributed by atoms with Gasteiger partial charge in [-0.15, -0.1) is 0 Å². The molecule has 4 nitrogen and oxygen atoms in total. The molecule has 118 valence electrons. The molecule has 3 aliphatic carbocycles. The second kappa shape index (κ2) is 5.02. The average Bonchev–Trinajstić information content (AvgIpc) is 3.30. The van der Waals surface area contributed by atoms with Crippen molar-refractivity contribution in [2.24, 2.45) is 0 Å². The summed E-state index contributed by atoms with van der Waals surface area (Å²) < 4.78 is 0. The molecule has 5 rings (SSSR count). The first-order valence-corrected chi connectivity index (χ1v) is 8.90. The first kappa shape index (κ1) is 13.5. The number of fused-ring (bicyclic) bond motifs is 6. The highest BCUT2D eigenvalue weighted by Crippen LogP contribution is 2.51. The van der Waals surface area contributed by atoms with Crippen molar-refractivity contribution in [3.8, 4) is 0 Å². The Hall–Kier alpha value is -1.97. The molecule has 2 saturated carbocycles. The molecule has 0 spiro atoms. The largest absolute Gasteiger partial charge is 0.349 e. The van der Waals surface area contributed by atoms with Crippen molar-refractivity contribution in [3.05, 3.63) is 35.2 Å². The molecule has 0 saturated heterocycles. The highest BCUT2D eigenvalue weighted by Gasteiger charge is 2.39. The molecule has 2 bridgehead atoms. The van der Waals surface area contributed by atoms with Gasteiger partial charge in [-0.2, -0.15) is 0 Å². The number of nitrogens with one attached hydrogen (secondary N) is 1. The van der Waals surface area contributed by atoms with Crippen LogP contribution in [-0.2, 0) is 0 Å². The second-order valence-electron chi connectivity index (χ2n) is 7.36. The summed E-state index contributed by atoms with van der Waals surface area (Å²) in [5.74, 6) is 1.25. The summed E-state index contributed by atoms with van der Waals surface area (Å²) in [7, 11) is 0. The fourth-order valence-electron chi connectivity index (χ4n) is 4.64. The summed E-state index contributed by atoms with van der Waals surface area (Å²) in [6.07, 6.45) is 8.40. The summed E-state index contributed by atoms with van der Waals surface area (Å²) in [4.78, 5) is 22.2. The molecular formula is C19H21N3O. The van der Waals surface area contributed by atoms with Crippen LogP contribution in [-0.4, -0.2) is 21.9 Å². The van der Waals surface area contributed by atoms with Crippen LogP contribution in [0.2, 0.25) is 0 Å².